The Hall–Kier alpha value is -3.73. The molecular weight excluding hydrogens is 391 g/mol. The summed E-state index contributed by atoms with van der Waals surface area (Å²) in [7, 11) is 0. The van der Waals surface area contributed by atoms with E-state index < -0.39 is 18.0 Å². The highest BCUT2D eigenvalue weighted by Gasteiger charge is 2.22. The second kappa shape index (κ2) is 8.10. The number of aromatic nitrogens is 3. The Morgan fingerprint density at radius 1 is 1.28 bits per heavy atom. The van der Waals surface area contributed by atoms with E-state index in [1.807, 2.05) is 0 Å². The fraction of sp³-hybridized carbons (Fsp3) is 0.111. The van der Waals surface area contributed by atoms with Gasteiger partial charge in [-0.15, -0.1) is 0 Å². The summed E-state index contributed by atoms with van der Waals surface area (Å²) in [5, 5.41) is 9.72. The van der Waals surface area contributed by atoms with E-state index in [0.29, 0.717) is 28.4 Å². The number of aliphatic imine (C=N–C) groups is 1. The zero-order valence-corrected chi connectivity index (χ0v) is 14.7. The minimum absolute atomic E-state index is 0.105. The number of fused-ring (bicyclic) bond motifs is 1. The van der Waals surface area contributed by atoms with Gasteiger partial charge >= 0.3 is 12.2 Å². The van der Waals surface area contributed by atoms with Gasteiger partial charge in [-0.05, 0) is 30.3 Å². The minimum atomic E-state index is -4.55. The number of hydrogen-bond donors (Lipinski definition) is 2. The Morgan fingerprint density at radius 2 is 2.07 bits per heavy atom. The molecule has 0 aliphatic heterocycles. The first kappa shape index (κ1) is 20.0. The lowest BCUT2D eigenvalue weighted by atomic mass is 10.2. The Bertz CT molecular complexity index is 1110. The number of rotatable bonds is 4. The fourth-order valence-electron chi connectivity index (χ4n) is 2.37. The molecule has 0 unspecified atom stereocenters. The van der Waals surface area contributed by atoms with Gasteiger partial charge < -0.3 is 15.6 Å². The molecule has 2 heterocycles. The van der Waals surface area contributed by atoms with Gasteiger partial charge in [-0.2, -0.15) is 18.2 Å². The van der Waals surface area contributed by atoms with E-state index in [4.69, 9.17) is 15.6 Å². The van der Waals surface area contributed by atoms with Gasteiger partial charge in [-0.3, -0.25) is 4.57 Å². The average molecular weight is 405 g/mol. The summed E-state index contributed by atoms with van der Waals surface area (Å²) in [6.07, 6.45) is -1.48. The van der Waals surface area contributed by atoms with Crippen LogP contribution in [0.15, 0.2) is 60.0 Å². The fourth-order valence-corrected chi connectivity index (χ4v) is 2.37. The standard InChI is InChI=1S/C18H14F3N5O3/c19-18(20,21)5-3-15(22)25-17(28)26-6-4-11-7-13(1-2-14(11)26)29-16-8-12(9-27)23-10-24-16/h1-8,10,27H,9H2,(H2,22,25,28). The Morgan fingerprint density at radius 3 is 2.79 bits per heavy atom. The quantitative estimate of drug-likeness (QED) is 0.509. The first-order chi connectivity index (χ1) is 13.7. The van der Waals surface area contributed by atoms with Gasteiger partial charge in [0.2, 0.25) is 5.88 Å². The molecule has 0 aliphatic carbocycles. The van der Waals surface area contributed by atoms with Crippen LogP contribution in [0.5, 0.6) is 11.6 Å². The van der Waals surface area contributed by atoms with Crippen LogP contribution in [0.4, 0.5) is 18.0 Å². The molecule has 0 aliphatic rings. The molecule has 1 amide bonds. The van der Waals surface area contributed by atoms with Crippen LogP contribution in [0.3, 0.4) is 0 Å². The van der Waals surface area contributed by atoms with Crippen LogP contribution in [-0.2, 0) is 6.61 Å². The van der Waals surface area contributed by atoms with Crippen LogP contribution >= 0.6 is 0 Å². The van der Waals surface area contributed by atoms with Gasteiger partial charge in [0.15, 0.2) is 0 Å². The highest BCUT2D eigenvalue weighted by molar-refractivity contribution is 6.02. The number of carbonyl (C=O) groups is 1. The van der Waals surface area contributed by atoms with Crippen molar-refractivity contribution in [1.82, 2.24) is 14.5 Å². The van der Waals surface area contributed by atoms with Gasteiger partial charge in [0, 0.05) is 23.7 Å². The summed E-state index contributed by atoms with van der Waals surface area (Å²) in [6, 6.07) is 7.02. The van der Waals surface area contributed by atoms with Gasteiger partial charge in [0.05, 0.1) is 17.8 Å². The molecule has 3 rings (SSSR count). The third kappa shape index (κ3) is 5.17. The summed E-state index contributed by atoms with van der Waals surface area (Å²) in [4.78, 5) is 23.4. The lowest BCUT2D eigenvalue weighted by molar-refractivity contribution is -0.0797. The van der Waals surface area contributed by atoms with Crippen molar-refractivity contribution in [3.63, 3.8) is 0 Å². The van der Waals surface area contributed by atoms with Crippen molar-refractivity contribution >= 4 is 22.8 Å². The van der Waals surface area contributed by atoms with E-state index in [-0.39, 0.29) is 18.6 Å². The number of halogens is 3. The topological polar surface area (TPSA) is 116 Å². The van der Waals surface area contributed by atoms with Crippen molar-refractivity contribution in [3.05, 3.63) is 60.7 Å². The normalized spacial score (nSPS) is 12.6. The number of allylic oxidation sites excluding steroid dienone is 1. The van der Waals surface area contributed by atoms with Crippen molar-refractivity contribution in [3.8, 4) is 11.6 Å². The molecule has 0 saturated carbocycles. The third-order valence-corrected chi connectivity index (χ3v) is 3.62. The second-order valence-electron chi connectivity index (χ2n) is 5.71. The number of amidine groups is 1. The lowest BCUT2D eigenvalue weighted by Gasteiger charge is -2.06. The molecule has 1 aromatic carbocycles. The molecule has 8 nitrogen and oxygen atoms in total. The van der Waals surface area contributed by atoms with Crippen molar-refractivity contribution in [2.75, 3.05) is 0 Å². The molecule has 150 valence electrons. The Kier molecular flexibility index (Phi) is 5.59. The molecule has 0 bridgehead atoms. The molecule has 0 fully saturated rings. The highest BCUT2D eigenvalue weighted by atomic mass is 19.4. The van der Waals surface area contributed by atoms with Crippen LogP contribution in [-0.4, -0.2) is 37.7 Å². The Labute approximate surface area is 161 Å². The van der Waals surface area contributed by atoms with Crippen molar-refractivity contribution in [2.45, 2.75) is 12.8 Å². The second-order valence-corrected chi connectivity index (χ2v) is 5.71. The van der Waals surface area contributed by atoms with Crippen LogP contribution in [0.1, 0.15) is 5.69 Å². The average Bonchev–Trinajstić information content (AvgIpc) is 3.09. The number of hydrogen-bond acceptors (Lipinski definition) is 5. The smallest absolute Gasteiger partial charge is 0.409 e. The Balaban J connectivity index is 1.81. The number of ether oxygens (including phenoxy) is 1. The lowest BCUT2D eigenvalue weighted by Crippen LogP contribution is -2.15. The predicted molar refractivity (Wildman–Crippen MR) is 97.6 cm³/mol. The summed E-state index contributed by atoms with van der Waals surface area (Å²) in [6.45, 7) is -0.259. The number of carbonyl (C=O) groups excluding carboxylic acids is 1. The number of amides is 1. The molecular formula is C18H14F3N5O3. The SMILES string of the molecule is NC(C=CC(F)(F)F)=NC(=O)n1ccc2cc(Oc3cc(CO)ncn3)ccc21. The summed E-state index contributed by atoms with van der Waals surface area (Å²) in [5.74, 6) is 0.0757. The number of aliphatic hydroxyl groups is 1. The first-order valence-electron chi connectivity index (χ1n) is 8.10. The summed E-state index contributed by atoms with van der Waals surface area (Å²) < 4.78 is 43.2. The molecule has 29 heavy (non-hydrogen) atoms. The molecule has 0 radical (unpaired) electrons. The monoisotopic (exact) mass is 405 g/mol. The van der Waals surface area contributed by atoms with Gasteiger partial charge in [0.1, 0.15) is 17.9 Å². The van der Waals surface area contributed by atoms with Gasteiger partial charge in [-0.1, -0.05) is 0 Å². The maximum absolute atomic E-state index is 12.2. The van der Waals surface area contributed by atoms with Crippen molar-refractivity contribution in [2.24, 2.45) is 10.7 Å². The molecule has 0 atom stereocenters. The van der Waals surface area contributed by atoms with E-state index >= 15 is 0 Å². The number of alkyl halides is 3. The van der Waals surface area contributed by atoms with Crippen molar-refractivity contribution in [1.29, 1.82) is 0 Å². The van der Waals surface area contributed by atoms with E-state index in [1.54, 1.807) is 24.3 Å². The molecule has 0 saturated heterocycles. The largest absolute Gasteiger partial charge is 0.439 e. The van der Waals surface area contributed by atoms with Crippen LogP contribution in [0.25, 0.3) is 10.9 Å². The summed E-state index contributed by atoms with van der Waals surface area (Å²) >= 11 is 0. The molecule has 3 aromatic rings. The van der Waals surface area contributed by atoms with E-state index in [9.17, 15) is 18.0 Å². The van der Waals surface area contributed by atoms with Crippen LogP contribution < -0.4 is 10.5 Å². The van der Waals surface area contributed by atoms with Crippen LogP contribution in [0, 0.1) is 0 Å². The highest BCUT2D eigenvalue weighted by Crippen LogP contribution is 2.26. The number of benzene rings is 1. The number of nitrogens with two attached hydrogens (primary N) is 1. The van der Waals surface area contributed by atoms with Gasteiger partial charge in [0.25, 0.3) is 0 Å². The maximum atomic E-state index is 12.2. The van der Waals surface area contributed by atoms with Crippen LogP contribution in [0.2, 0.25) is 0 Å². The number of aliphatic hydroxyl groups excluding tert-OH is 1. The first-order valence-corrected chi connectivity index (χ1v) is 8.10. The van der Waals surface area contributed by atoms with E-state index in [1.165, 1.54) is 18.6 Å². The van der Waals surface area contributed by atoms with E-state index in [2.05, 4.69) is 15.0 Å². The zero-order chi connectivity index (χ0) is 21.0. The molecule has 0 spiro atoms. The minimum Gasteiger partial charge on any atom is -0.439 e. The molecule has 3 N–H and O–H groups in total. The summed E-state index contributed by atoms with van der Waals surface area (Å²) in [5.41, 5.74) is 6.19. The molecule has 2 aromatic heterocycles. The number of nitrogens with zero attached hydrogens (tertiary/aromatic N) is 4. The van der Waals surface area contributed by atoms with Gasteiger partial charge in [-0.25, -0.2) is 14.8 Å². The van der Waals surface area contributed by atoms with Crippen molar-refractivity contribution < 1.29 is 27.8 Å². The molecule has 11 heteroatoms. The maximum Gasteiger partial charge on any atom is 0.409 e. The third-order valence-electron chi connectivity index (χ3n) is 3.62. The predicted octanol–water partition coefficient (Wildman–Crippen LogP) is 3.16. The zero-order valence-electron chi connectivity index (χ0n) is 14.7. The van der Waals surface area contributed by atoms with E-state index in [0.717, 1.165) is 4.57 Å².